The van der Waals surface area contributed by atoms with Gasteiger partial charge in [0, 0.05) is 10.9 Å². The van der Waals surface area contributed by atoms with Gasteiger partial charge in [-0.3, -0.25) is 0 Å². The van der Waals surface area contributed by atoms with Crippen molar-refractivity contribution in [2.75, 3.05) is 12.8 Å². The van der Waals surface area contributed by atoms with Gasteiger partial charge in [0.25, 0.3) is 0 Å². The van der Waals surface area contributed by atoms with Gasteiger partial charge in [0.15, 0.2) is 0 Å². The fourth-order valence-corrected chi connectivity index (χ4v) is 3.25. The van der Waals surface area contributed by atoms with Crippen LogP contribution in [0.4, 0.5) is 0 Å². The topological polar surface area (TPSA) is 51.6 Å². The maximum atomic E-state index is 9.26. The molecule has 0 amide bonds. The van der Waals surface area contributed by atoms with Crippen LogP contribution in [0.15, 0.2) is 35.4 Å². The number of fused-ring (bicyclic) bond motifs is 1. The van der Waals surface area contributed by atoms with Crippen LogP contribution in [0, 0.1) is 11.3 Å². The average Bonchev–Trinajstić information content (AvgIpc) is 2.91. The van der Waals surface area contributed by atoms with Crippen LogP contribution in [0.5, 0.6) is 0 Å². The van der Waals surface area contributed by atoms with E-state index in [9.17, 15) is 5.26 Å². The van der Waals surface area contributed by atoms with Crippen LogP contribution in [0.25, 0.3) is 10.9 Å². The molecular weight excluding hydrogens is 266 g/mol. The minimum Gasteiger partial charge on any atom is -0.350 e. The Kier molecular flexibility index (Phi) is 5.11. The van der Waals surface area contributed by atoms with Crippen molar-refractivity contribution >= 4 is 22.7 Å². The number of rotatable bonds is 7. The van der Waals surface area contributed by atoms with Gasteiger partial charge >= 0.3 is 0 Å². The third-order valence-corrected chi connectivity index (χ3v) is 4.83. The predicted octanol–water partition coefficient (Wildman–Crippen LogP) is 3.93. The van der Waals surface area contributed by atoms with Crippen LogP contribution in [0.1, 0.15) is 26.2 Å². The zero-order valence-corrected chi connectivity index (χ0v) is 12.9. The summed E-state index contributed by atoms with van der Waals surface area (Å²) in [6.45, 7) is 2.06. The van der Waals surface area contributed by atoms with Crippen molar-refractivity contribution in [2.45, 2.75) is 36.8 Å². The maximum absolute atomic E-state index is 9.26. The highest BCUT2D eigenvalue weighted by atomic mass is 32.2. The number of thioether (sulfide) groups is 1. The molecule has 0 saturated heterocycles. The third-order valence-electron chi connectivity index (χ3n) is 3.81. The van der Waals surface area contributed by atoms with Gasteiger partial charge in [-0.25, -0.2) is 0 Å². The smallest absolute Gasteiger partial charge is 0.106 e. The molecule has 0 fully saturated rings. The van der Waals surface area contributed by atoms with Crippen molar-refractivity contribution < 1.29 is 0 Å². The van der Waals surface area contributed by atoms with Crippen molar-refractivity contribution in [2.24, 2.45) is 0 Å². The molecule has 0 spiro atoms. The lowest BCUT2D eigenvalue weighted by Gasteiger charge is -2.24. The molecule has 0 aliphatic rings. The van der Waals surface area contributed by atoms with E-state index in [-0.39, 0.29) is 5.54 Å². The molecule has 1 heterocycles. The number of benzene rings is 1. The van der Waals surface area contributed by atoms with Crippen LogP contribution in [0.2, 0.25) is 0 Å². The van der Waals surface area contributed by atoms with Crippen LogP contribution in [-0.4, -0.2) is 23.3 Å². The minimum absolute atomic E-state index is 0.360. The second-order valence-electron chi connectivity index (χ2n) is 4.97. The number of H-pyrrole nitrogens is 1. The first-order chi connectivity index (χ1) is 9.73. The summed E-state index contributed by atoms with van der Waals surface area (Å²) in [5, 5.41) is 14.9. The Morgan fingerprint density at radius 1 is 1.40 bits per heavy atom. The quantitative estimate of drug-likeness (QED) is 0.599. The number of nitriles is 1. The van der Waals surface area contributed by atoms with E-state index < -0.39 is 0 Å². The fraction of sp³-hybridized carbons (Fsp3) is 0.438. The Bertz CT molecular complexity index is 560. The molecule has 0 aliphatic heterocycles. The average molecular weight is 287 g/mol. The molecule has 1 unspecified atom stereocenters. The molecule has 0 saturated carbocycles. The minimum atomic E-state index is -0.360. The Hall–Kier alpha value is -1.44. The first kappa shape index (κ1) is 15.0. The summed E-state index contributed by atoms with van der Waals surface area (Å²) < 4.78 is 0. The summed E-state index contributed by atoms with van der Waals surface area (Å²) in [5.41, 5.74) is 0.825. The van der Waals surface area contributed by atoms with Crippen molar-refractivity contribution in [1.29, 1.82) is 5.26 Å². The molecule has 1 aromatic carbocycles. The molecule has 4 heteroatoms. The third kappa shape index (κ3) is 3.36. The standard InChI is InChI=1S/C16H21N3S/c1-3-16(12-17,18-2)9-6-10-20-15-11-13-7-4-5-8-14(13)19-15/h4-5,7-8,11,18-19H,3,6,9-10H2,1-2H3. The second kappa shape index (κ2) is 6.83. The Balaban J connectivity index is 1.85. The van der Waals surface area contributed by atoms with E-state index in [1.807, 2.05) is 24.9 Å². The van der Waals surface area contributed by atoms with Gasteiger partial charge in [-0.05, 0) is 44.2 Å². The van der Waals surface area contributed by atoms with E-state index in [1.165, 1.54) is 15.9 Å². The Morgan fingerprint density at radius 2 is 2.20 bits per heavy atom. The van der Waals surface area contributed by atoms with Crippen molar-refractivity contribution in [1.82, 2.24) is 10.3 Å². The van der Waals surface area contributed by atoms with E-state index in [0.29, 0.717) is 0 Å². The molecule has 20 heavy (non-hydrogen) atoms. The number of nitrogens with zero attached hydrogens (tertiary/aromatic N) is 1. The summed E-state index contributed by atoms with van der Waals surface area (Å²) >= 11 is 1.83. The Morgan fingerprint density at radius 3 is 2.85 bits per heavy atom. The number of hydrogen-bond donors (Lipinski definition) is 2. The zero-order valence-electron chi connectivity index (χ0n) is 12.1. The van der Waals surface area contributed by atoms with Gasteiger partial charge in [0.05, 0.1) is 11.1 Å². The fourth-order valence-electron chi connectivity index (χ4n) is 2.35. The lowest BCUT2D eigenvalue weighted by molar-refractivity contribution is 0.400. The van der Waals surface area contributed by atoms with Gasteiger partial charge in [0.2, 0.25) is 0 Å². The SMILES string of the molecule is CCC(C#N)(CCCSc1cc2ccccc2[nH]1)NC. The van der Waals surface area contributed by atoms with Crippen molar-refractivity contribution in [3.05, 3.63) is 30.3 Å². The van der Waals surface area contributed by atoms with Gasteiger partial charge < -0.3 is 10.3 Å². The zero-order chi connectivity index (χ0) is 14.4. The molecule has 3 nitrogen and oxygen atoms in total. The van der Waals surface area contributed by atoms with E-state index in [2.05, 4.69) is 47.6 Å². The highest BCUT2D eigenvalue weighted by Crippen LogP contribution is 2.25. The van der Waals surface area contributed by atoms with E-state index >= 15 is 0 Å². The first-order valence-electron chi connectivity index (χ1n) is 7.04. The van der Waals surface area contributed by atoms with Crippen LogP contribution in [0.3, 0.4) is 0 Å². The molecule has 0 radical (unpaired) electrons. The second-order valence-corrected chi connectivity index (χ2v) is 6.11. The molecule has 0 aliphatic carbocycles. The lowest BCUT2D eigenvalue weighted by Crippen LogP contribution is -2.40. The summed E-state index contributed by atoms with van der Waals surface area (Å²) in [6.07, 6.45) is 2.77. The van der Waals surface area contributed by atoms with E-state index in [0.717, 1.165) is 25.0 Å². The van der Waals surface area contributed by atoms with Crippen LogP contribution >= 0.6 is 11.8 Å². The highest BCUT2D eigenvalue weighted by molar-refractivity contribution is 7.99. The summed E-state index contributed by atoms with van der Waals surface area (Å²) in [7, 11) is 1.87. The largest absolute Gasteiger partial charge is 0.350 e. The van der Waals surface area contributed by atoms with Crippen molar-refractivity contribution in [3.8, 4) is 6.07 Å². The predicted molar refractivity (Wildman–Crippen MR) is 86.0 cm³/mol. The van der Waals surface area contributed by atoms with E-state index in [4.69, 9.17) is 0 Å². The molecule has 106 valence electrons. The van der Waals surface area contributed by atoms with E-state index in [1.54, 1.807) is 0 Å². The number of hydrogen-bond acceptors (Lipinski definition) is 3. The first-order valence-corrected chi connectivity index (χ1v) is 8.02. The molecule has 2 aromatic rings. The monoisotopic (exact) mass is 287 g/mol. The Labute approximate surface area is 124 Å². The van der Waals surface area contributed by atoms with Gasteiger partial charge in [-0.1, -0.05) is 25.1 Å². The van der Waals surface area contributed by atoms with Gasteiger partial charge in [0.1, 0.15) is 5.54 Å². The van der Waals surface area contributed by atoms with Gasteiger partial charge in [-0.2, -0.15) is 5.26 Å². The highest BCUT2D eigenvalue weighted by Gasteiger charge is 2.24. The molecular formula is C16H21N3S. The van der Waals surface area contributed by atoms with Crippen molar-refractivity contribution in [3.63, 3.8) is 0 Å². The summed E-state index contributed by atoms with van der Waals surface area (Å²) in [4.78, 5) is 3.42. The number of aromatic nitrogens is 1. The number of nitrogens with one attached hydrogen (secondary N) is 2. The lowest BCUT2D eigenvalue weighted by atomic mass is 9.93. The molecule has 1 atom stereocenters. The molecule has 2 N–H and O–H groups in total. The summed E-state index contributed by atoms with van der Waals surface area (Å²) in [6, 6.07) is 12.9. The summed E-state index contributed by atoms with van der Waals surface area (Å²) in [5.74, 6) is 1.03. The number of aromatic amines is 1. The van der Waals surface area contributed by atoms with Gasteiger partial charge in [-0.15, -0.1) is 11.8 Å². The van der Waals surface area contributed by atoms with Crippen LogP contribution in [-0.2, 0) is 0 Å². The van der Waals surface area contributed by atoms with Crippen LogP contribution < -0.4 is 5.32 Å². The molecule has 1 aromatic heterocycles. The number of para-hydroxylation sites is 1. The maximum Gasteiger partial charge on any atom is 0.106 e. The normalized spacial score (nSPS) is 14.1. The molecule has 2 rings (SSSR count). The molecule has 0 bridgehead atoms.